The topological polar surface area (TPSA) is 73.2 Å². The number of benzene rings is 1. The highest BCUT2D eigenvalue weighted by Gasteiger charge is 2.29. The van der Waals surface area contributed by atoms with Crippen molar-refractivity contribution >= 4 is 22.4 Å². The summed E-state index contributed by atoms with van der Waals surface area (Å²) in [6.45, 7) is 5.28. The molecule has 1 aliphatic rings. The summed E-state index contributed by atoms with van der Waals surface area (Å²) in [6.07, 6.45) is 0. The summed E-state index contributed by atoms with van der Waals surface area (Å²) in [4.78, 5) is 0.237. The Kier molecular flexibility index (Phi) is 5.54. The Morgan fingerprint density at radius 1 is 1.45 bits per heavy atom. The van der Waals surface area contributed by atoms with Gasteiger partial charge in [-0.1, -0.05) is 6.07 Å². The Balaban J connectivity index is 0.00000200. The van der Waals surface area contributed by atoms with E-state index >= 15 is 0 Å². The molecule has 1 fully saturated rings. The number of halogens is 1. The van der Waals surface area contributed by atoms with Crippen LogP contribution in [0.25, 0.3) is 0 Å². The number of hydrogen-bond donors (Lipinski definition) is 1. The molecule has 1 atom stereocenters. The van der Waals surface area contributed by atoms with Gasteiger partial charge in [-0.05, 0) is 31.5 Å². The third kappa shape index (κ3) is 3.30. The maximum Gasteiger partial charge on any atom is 0.243 e. The second-order valence-corrected chi connectivity index (χ2v) is 6.72. The normalized spacial score (nSPS) is 19.9. The van der Waals surface area contributed by atoms with Crippen LogP contribution < -0.4 is 5.32 Å². The van der Waals surface area contributed by atoms with E-state index in [2.05, 4.69) is 5.32 Å². The summed E-state index contributed by atoms with van der Waals surface area (Å²) in [5, 5.41) is 12.1. The van der Waals surface area contributed by atoms with Crippen LogP contribution in [0.1, 0.15) is 18.1 Å². The van der Waals surface area contributed by atoms with E-state index in [0.717, 1.165) is 0 Å². The van der Waals surface area contributed by atoms with Gasteiger partial charge in [-0.15, -0.1) is 12.4 Å². The molecule has 0 bridgehead atoms. The number of nitrogens with one attached hydrogen (secondary N) is 1. The summed E-state index contributed by atoms with van der Waals surface area (Å²) in [7, 11) is -3.52. The largest absolute Gasteiger partial charge is 0.312 e. The van der Waals surface area contributed by atoms with Crippen molar-refractivity contribution in [1.29, 1.82) is 5.26 Å². The quantitative estimate of drug-likeness (QED) is 0.892. The molecular weight excluding hydrogens is 298 g/mol. The summed E-state index contributed by atoms with van der Waals surface area (Å²) < 4.78 is 26.7. The van der Waals surface area contributed by atoms with E-state index < -0.39 is 10.0 Å². The number of piperazine rings is 1. The van der Waals surface area contributed by atoms with Gasteiger partial charge in [-0.3, -0.25) is 0 Å². The zero-order valence-corrected chi connectivity index (χ0v) is 13.1. The first-order valence-corrected chi connectivity index (χ1v) is 7.63. The van der Waals surface area contributed by atoms with Gasteiger partial charge in [0.25, 0.3) is 0 Å². The fourth-order valence-electron chi connectivity index (χ4n) is 2.20. The van der Waals surface area contributed by atoms with Crippen molar-refractivity contribution < 1.29 is 8.42 Å². The third-order valence-electron chi connectivity index (χ3n) is 3.27. The number of aryl methyl sites for hydroxylation is 1. The molecule has 7 heteroatoms. The Labute approximate surface area is 126 Å². The van der Waals surface area contributed by atoms with Gasteiger partial charge in [-0.2, -0.15) is 9.57 Å². The number of rotatable bonds is 2. The summed E-state index contributed by atoms with van der Waals surface area (Å²) in [5.41, 5.74) is 1.04. The molecule has 0 spiro atoms. The second kappa shape index (κ2) is 6.55. The Morgan fingerprint density at radius 3 is 2.75 bits per heavy atom. The molecule has 0 amide bonds. The van der Waals surface area contributed by atoms with Crippen molar-refractivity contribution in [3.63, 3.8) is 0 Å². The molecule has 1 heterocycles. The molecule has 0 aromatic heterocycles. The minimum Gasteiger partial charge on any atom is -0.312 e. The van der Waals surface area contributed by atoms with Gasteiger partial charge in [0, 0.05) is 25.7 Å². The standard InChI is InChI=1S/C13H17N3O2S.ClH/c1-10-3-4-12(8-14)7-13(10)19(17,18)16-6-5-15-11(2)9-16;/h3-4,7,11,15H,5-6,9H2,1-2H3;1H/t11-;/m1./s1. The van der Waals surface area contributed by atoms with Gasteiger partial charge >= 0.3 is 0 Å². The maximum absolute atomic E-state index is 12.6. The zero-order valence-electron chi connectivity index (χ0n) is 11.5. The summed E-state index contributed by atoms with van der Waals surface area (Å²) in [5.74, 6) is 0. The average Bonchev–Trinajstić information content (AvgIpc) is 2.39. The van der Waals surface area contributed by atoms with Gasteiger partial charge in [0.1, 0.15) is 0 Å². The molecular formula is C13H18ClN3O2S. The monoisotopic (exact) mass is 315 g/mol. The van der Waals surface area contributed by atoms with Gasteiger partial charge < -0.3 is 5.32 Å². The minimum absolute atomic E-state index is 0. The SMILES string of the molecule is Cc1ccc(C#N)cc1S(=O)(=O)N1CCN[C@H](C)C1.Cl. The maximum atomic E-state index is 12.6. The molecule has 0 aliphatic carbocycles. The molecule has 1 aromatic rings. The van der Waals surface area contributed by atoms with E-state index in [9.17, 15) is 8.42 Å². The van der Waals surface area contributed by atoms with Gasteiger partial charge in [0.15, 0.2) is 0 Å². The van der Waals surface area contributed by atoms with Crippen LogP contribution in [-0.4, -0.2) is 38.4 Å². The fourth-order valence-corrected chi connectivity index (χ4v) is 3.98. The first-order valence-electron chi connectivity index (χ1n) is 6.19. The van der Waals surface area contributed by atoms with Crippen molar-refractivity contribution in [2.75, 3.05) is 19.6 Å². The molecule has 0 unspecified atom stereocenters. The van der Waals surface area contributed by atoms with Crippen molar-refractivity contribution in [2.24, 2.45) is 0 Å². The molecule has 1 saturated heterocycles. The lowest BCUT2D eigenvalue weighted by atomic mass is 10.2. The van der Waals surface area contributed by atoms with Gasteiger partial charge in [0.2, 0.25) is 10.0 Å². The Bertz CT molecular complexity index is 625. The van der Waals surface area contributed by atoms with Gasteiger partial charge in [0.05, 0.1) is 16.5 Å². The van der Waals surface area contributed by atoms with E-state index in [1.54, 1.807) is 19.1 Å². The average molecular weight is 316 g/mol. The second-order valence-electron chi connectivity index (χ2n) is 4.81. The predicted octanol–water partition coefficient (Wildman–Crippen LogP) is 1.27. The number of sulfonamides is 1. The third-order valence-corrected chi connectivity index (χ3v) is 5.27. The van der Waals surface area contributed by atoms with Crippen molar-refractivity contribution in [1.82, 2.24) is 9.62 Å². The van der Waals surface area contributed by atoms with Gasteiger partial charge in [-0.25, -0.2) is 8.42 Å². The highest BCUT2D eigenvalue weighted by atomic mass is 35.5. The molecule has 5 nitrogen and oxygen atoms in total. The number of nitrogens with zero attached hydrogens (tertiary/aromatic N) is 2. The Morgan fingerprint density at radius 2 is 2.15 bits per heavy atom. The molecule has 1 aliphatic heterocycles. The van der Waals surface area contributed by atoms with Crippen molar-refractivity contribution in [2.45, 2.75) is 24.8 Å². The number of nitriles is 1. The fraction of sp³-hybridized carbons (Fsp3) is 0.462. The van der Waals surface area contributed by atoms with Crippen molar-refractivity contribution in [3.8, 4) is 6.07 Å². The molecule has 0 radical (unpaired) electrons. The van der Waals surface area contributed by atoms with Crippen LogP contribution >= 0.6 is 12.4 Å². The van der Waals surface area contributed by atoms with Crippen molar-refractivity contribution in [3.05, 3.63) is 29.3 Å². The number of hydrogen-bond acceptors (Lipinski definition) is 4. The first-order chi connectivity index (χ1) is 8.95. The summed E-state index contributed by atoms with van der Waals surface area (Å²) in [6, 6.07) is 6.89. The lowest BCUT2D eigenvalue weighted by molar-refractivity contribution is 0.310. The van der Waals surface area contributed by atoms with Crippen LogP contribution in [0.15, 0.2) is 23.1 Å². The molecule has 110 valence electrons. The van der Waals surface area contributed by atoms with Crippen LogP contribution in [0, 0.1) is 18.3 Å². The molecule has 2 rings (SSSR count). The summed E-state index contributed by atoms with van der Waals surface area (Å²) >= 11 is 0. The highest BCUT2D eigenvalue weighted by molar-refractivity contribution is 7.89. The molecule has 20 heavy (non-hydrogen) atoms. The van der Waals surface area contributed by atoms with Crippen LogP contribution in [0.2, 0.25) is 0 Å². The van der Waals surface area contributed by atoms with E-state index in [1.165, 1.54) is 10.4 Å². The first kappa shape index (κ1) is 16.9. The minimum atomic E-state index is -3.52. The predicted molar refractivity (Wildman–Crippen MR) is 79.4 cm³/mol. The molecule has 1 aromatic carbocycles. The van der Waals surface area contributed by atoms with E-state index in [1.807, 2.05) is 13.0 Å². The Hall–Kier alpha value is -1.13. The zero-order chi connectivity index (χ0) is 14.0. The van der Waals surface area contributed by atoms with E-state index in [0.29, 0.717) is 30.8 Å². The lowest BCUT2D eigenvalue weighted by Gasteiger charge is -2.31. The van der Waals surface area contributed by atoms with Crippen LogP contribution in [0.3, 0.4) is 0 Å². The van der Waals surface area contributed by atoms with Crippen LogP contribution in [0.5, 0.6) is 0 Å². The van der Waals surface area contributed by atoms with Crippen LogP contribution in [0.4, 0.5) is 0 Å². The molecule has 1 N–H and O–H groups in total. The van der Waals surface area contributed by atoms with E-state index in [4.69, 9.17) is 5.26 Å². The molecule has 0 saturated carbocycles. The lowest BCUT2D eigenvalue weighted by Crippen LogP contribution is -2.51. The van der Waals surface area contributed by atoms with E-state index in [-0.39, 0.29) is 23.3 Å². The highest BCUT2D eigenvalue weighted by Crippen LogP contribution is 2.22. The van der Waals surface area contributed by atoms with Crippen LogP contribution in [-0.2, 0) is 10.0 Å². The smallest absolute Gasteiger partial charge is 0.243 e.